The summed E-state index contributed by atoms with van der Waals surface area (Å²) in [7, 11) is -2.33. The third-order valence-corrected chi connectivity index (χ3v) is 7.11. The highest BCUT2D eigenvalue weighted by atomic mass is 32.2. The van der Waals surface area contributed by atoms with Gasteiger partial charge in [0.05, 0.1) is 12.0 Å². The summed E-state index contributed by atoms with van der Waals surface area (Å²) in [5.74, 6) is 1.17. The van der Waals surface area contributed by atoms with Crippen LogP contribution in [0.1, 0.15) is 13.3 Å². The van der Waals surface area contributed by atoms with Crippen LogP contribution in [0.2, 0.25) is 0 Å². The lowest BCUT2D eigenvalue weighted by Crippen LogP contribution is -2.48. The molecule has 168 valence electrons. The molecule has 1 aliphatic rings. The Hall–Kier alpha value is -3.33. The molecule has 2 aromatic carbocycles. The molecule has 1 saturated heterocycles. The molecule has 3 aromatic rings. The van der Waals surface area contributed by atoms with Gasteiger partial charge in [0.2, 0.25) is 32.5 Å². The smallest absolute Gasteiger partial charge is 0.236 e. The molecule has 8 nitrogen and oxygen atoms in total. The summed E-state index contributed by atoms with van der Waals surface area (Å²) in [5, 5.41) is -0.121. The molecule has 0 aliphatic carbocycles. The number of oxazole rings is 1. The molecule has 0 saturated carbocycles. The second-order valence-corrected chi connectivity index (χ2v) is 9.26. The molecule has 1 aliphatic heterocycles. The minimum atomic E-state index is -3.91. The fraction of sp³-hybridized carbons (Fsp3) is 0.304. The molecule has 0 radical (unpaired) electrons. The molecule has 0 N–H and O–H groups in total. The van der Waals surface area contributed by atoms with E-state index in [1.54, 1.807) is 66.6 Å². The summed E-state index contributed by atoms with van der Waals surface area (Å²) in [6.07, 6.45) is 0.442. The predicted molar refractivity (Wildman–Crippen MR) is 119 cm³/mol. The SMILES string of the molecule is CCC(=O)N1CCN(c2oc(-c3ccc(OC)cc3)nc2S(=O)(=O)c2ccccc2)CC1. The Kier molecular flexibility index (Phi) is 6.18. The number of methoxy groups -OCH3 is 1. The molecule has 0 unspecified atom stereocenters. The summed E-state index contributed by atoms with van der Waals surface area (Å²) in [4.78, 5) is 20.2. The van der Waals surface area contributed by atoms with Gasteiger partial charge in [-0.05, 0) is 36.4 Å². The molecule has 0 bridgehead atoms. The number of aromatic nitrogens is 1. The van der Waals surface area contributed by atoms with Gasteiger partial charge in [-0.3, -0.25) is 4.79 Å². The van der Waals surface area contributed by atoms with E-state index in [9.17, 15) is 13.2 Å². The van der Waals surface area contributed by atoms with Crippen molar-refractivity contribution in [1.29, 1.82) is 0 Å². The maximum atomic E-state index is 13.4. The van der Waals surface area contributed by atoms with Crippen LogP contribution in [0.5, 0.6) is 5.75 Å². The Bertz CT molecular complexity index is 1180. The number of ether oxygens (including phenoxy) is 1. The molecule has 0 atom stereocenters. The maximum absolute atomic E-state index is 13.4. The van der Waals surface area contributed by atoms with Crippen LogP contribution in [0.25, 0.3) is 11.5 Å². The summed E-state index contributed by atoms with van der Waals surface area (Å²) < 4.78 is 38.1. The molecule has 32 heavy (non-hydrogen) atoms. The average molecular weight is 456 g/mol. The van der Waals surface area contributed by atoms with Crippen molar-refractivity contribution in [2.75, 3.05) is 38.2 Å². The lowest BCUT2D eigenvalue weighted by molar-refractivity contribution is -0.131. The Morgan fingerprint density at radius 1 is 1.03 bits per heavy atom. The second-order valence-electron chi connectivity index (χ2n) is 7.40. The lowest BCUT2D eigenvalue weighted by Gasteiger charge is -2.34. The highest BCUT2D eigenvalue weighted by Crippen LogP contribution is 2.35. The minimum Gasteiger partial charge on any atom is -0.497 e. The number of carbonyl (C=O) groups excluding carboxylic acids is 1. The Morgan fingerprint density at radius 3 is 2.28 bits per heavy atom. The van der Waals surface area contributed by atoms with Gasteiger partial charge in [0.1, 0.15) is 5.75 Å². The van der Waals surface area contributed by atoms with E-state index in [-0.39, 0.29) is 27.6 Å². The molecule has 4 rings (SSSR count). The molecule has 1 fully saturated rings. The van der Waals surface area contributed by atoms with E-state index in [1.807, 2.05) is 11.8 Å². The lowest BCUT2D eigenvalue weighted by atomic mass is 10.2. The highest BCUT2D eigenvalue weighted by Gasteiger charge is 2.33. The van der Waals surface area contributed by atoms with Crippen LogP contribution in [0.4, 0.5) is 5.88 Å². The zero-order valence-electron chi connectivity index (χ0n) is 18.0. The van der Waals surface area contributed by atoms with Crippen molar-refractivity contribution >= 4 is 21.6 Å². The van der Waals surface area contributed by atoms with Gasteiger partial charge in [-0.1, -0.05) is 25.1 Å². The number of hydrogen-bond acceptors (Lipinski definition) is 7. The zero-order chi connectivity index (χ0) is 22.7. The number of anilines is 1. The van der Waals surface area contributed by atoms with E-state index < -0.39 is 9.84 Å². The van der Waals surface area contributed by atoms with Gasteiger partial charge >= 0.3 is 0 Å². The number of sulfone groups is 1. The van der Waals surface area contributed by atoms with Crippen molar-refractivity contribution < 1.29 is 22.4 Å². The van der Waals surface area contributed by atoms with Crippen LogP contribution < -0.4 is 9.64 Å². The van der Waals surface area contributed by atoms with Crippen LogP contribution in [0.15, 0.2) is 68.9 Å². The number of rotatable bonds is 6. The van der Waals surface area contributed by atoms with Gasteiger partial charge in [0.25, 0.3) is 0 Å². The number of nitrogens with zero attached hydrogens (tertiary/aromatic N) is 3. The van der Waals surface area contributed by atoms with Gasteiger partial charge in [0.15, 0.2) is 0 Å². The highest BCUT2D eigenvalue weighted by molar-refractivity contribution is 7.91. The van der Waals surface area contributed by atoms with Crippen molar-refractivity contribution in [3.63, 3.8) is 0 Å². The third kappa shape index (κ3) is 4.20. The zero-order valence-corrected chi connectivity index (χ0v) is 18.8. The topological polar surface area (TPSA) is 92.9 Å². The van der Waals surface area contributed by atoms with Crippen molar-refractivity contribution in [2.45, 2.75) is 23.3 Å². The number of benzene rings is 2. The first-order valence-corrected chi connectivity index (χ1v) is 11.9. The van der Waals surface area contributed by atoms with Crippen molar-refractivity contribution in [1.82, 2.24) is 9.88 Å². The van der Waals surface area contributed by atoms with Crippen LogP contribution in [-0.2, 0) is 14.6 Å². The third-order valence-electron chi connectivity index (χ3n) is 5.45. The van der Waals surface area contributed by atoms with Crippen LogP contribution in [0, 0.1) is 0 Å². The molecular weight excluding hydrogens is 430 g/mol. The molecule has 1 aromatic heterocycles. The van der Waals surface area contributed by atoms with Gasteiger partial charge in [-0.25, -0.2) is 8.42 Å². The first kappa shape index (κ1) is 21.9. The van der Waals surface area contributed by atoms with Gasteiger partial charge in [-0.15, -0.1) is 0 Å². The van der Waals surface area contributed by atoms with E-state index in [0.29, 0.717) is 43.9 Å². The van der Waals surface area contributed by atoms with Crippen molar-refractivity contribution in [2.24, 2.45) is 0 Å². The summed E-state index contributed by atoms with van der Waals surface area (Å²) in [6, 6.07) is 15.3. The van der Waals surface area contributed by atoms with Crippen molar-refractivity contribution in [3.8, 4) is 17.2 Å². The number of piperazine rings is 1. The largest absolute Gasteiger partial charge is 0.497 e. The normalized spacial score (nSPS) is 14.4. The maximum Gasteiger partial charge on any atom is 0.236 e. The summed E-state index contributed by atoms with van der Waals surface area (Å²) >= 11 is 0. The average Bonchev–Trinajstić information content (AvgIpc) is 3.31. The molecule has 0 spiro atoms. The Morgan fingerprint density at radius 2 is 1.69 bits per heavy atom. The first-order chi connectivity index (χ1) is 15.4. The standard InChI is InChI=1S/C23H25N3O5S/c1-3-20(27)25-13-15-26(16-14-25)23-22(32(28,29)19-7-5-4-6-8-19)24-21(31-23)17-9-11-18(30-2)12-10-17/h4-12H,3,13-16H2,1-2H3. The van der Waals surface area contributed by atoms with Crippen LogP contribution >= 0.6 is 0 Å². The van der Waals surface area contributed by atoms with Gasteiger partial charge in [0, 0.05) is 38.2 Å². The van der Waals surface area contributed by atoms with Gasteiger partial charge < -0.3 is 19.0 Å². The van der Waals surface area contributed by atoms with Crippen LogP contribution in [0.3, 0.4) is 0 Å². The molecular formula is C23H25N3O5S. The fourth-order valence-corrected chi connectivity index (χ4v) is 4.97. The Labute approximate surface area is 187 Å². The number of hydrogen-bond donors (Lipinski definition) is 0. The predicted octanol–water partition coefficient (Wildman–Crippen LogP) is 3.24. The monoisotopic (exact) mass is 455 g/mol. The van der Waals surface area contributed by atoms with E-state index >= 15 is 0 Å². The van der Waals surface area contributed by atoms with E-state index in [4.69, 9.17) is 9.15 Å². The fourth-order valence-electron chi connectivity index (χ4n) is 3.62. The van der Waals surface area contributed by atoms with E-state index in [0.717, 1.165) is 0 Å². The summed E-state index contributed by atoms with van der Waals surface area (Å²) in [6.45, 7) is 3.74. The van der Waals surface area contributed by atoms with E-state index in [2.05, 4.69) is 4.98 Å². The molecule has 1 amide bonds. The summed E-state index contributed by atoms with van der Waals surface area (Å²) in [5.41, 5.74) is 0.640. The number of amides is 1. The van der Waals surface area contributed by atoms with Crippen LogP contribution in [-0.4, -0.2) is 57.5 Å². The Balaban J connectivity index is 1.74. The quantitative estimate of drug-likeness (QED) is 0.563. The van der Waals surface area contributed by atoms with Gasteiger partial charge in [-0.2, -0.15) is 4.98 Å². The van der Waals surface area contributed by atoms with Crippen molar-refractivity contribution in [3.05, 3.63) is 54.6 Å². The first-order valence-electron chi connectivity index (χ1n) is 10.4. The minimum absolute atomic E-state index is 0.0817. The van der Waals surface area contributed by atoms with E-state index in [1.165, 1.54) is 0 Å². The molecule has 9 heteroatoms. The number of carbonyl (C=O) groups is 1. The molecule has 2 heterocycles. The second kappa shape index (κ2) is 9.04.